The van der Waals surface area contributed by atoms with Crippen LogP contribution in [0, 0.1) is 0 Å². The van der Waals surface area contributed by atoms with Crippen molar-refractivity contribution < 1.29 is 4.42 Å². The molecular weight excluding hydrogens is 296 g/mol. The lowest BCUT2D eigenvalue weighted by molar-refractivity contribution is 0.465. The molecular formula is C13H11ClN4OS. The number of aryl methyl sites for hydroxylation is 1. The molecule has 2 heterocycles. The van der Waals surface area contributed by atoms with E-state index in [4.69, 9.17) is 16.0 Å². The zero-order valence-electron chi connectivity index (χ0n) is 10.4. The van der Waals surface area contributed by atoms with Gasteiger partial charge in [0.15, 0.2) is 0 Å². The van der Waals surface area contributed by atoms with E-state index in [1.54, 1.807) is 18.3 Å². The van der Waals surface area contributed by atoms with Crippen LogP contribution >= 0.6 is 23.4 Å². The largest absolute Gasteiger partial charge is 0.411 e. The molecule has 0 saturated carbocycles. The maximum atomic E-state index is 5.94. The summed E-state index contributed by atoms with van der Waals surface area (Å²) < 4.78 is 7.46. The molecule has 0 aliphatic rings. The third kappa shape index (κ3) is 3.20. The average Bonchev–Trinajstić information content (AvgIpc) is 3.10. The topological polar surface area (TPSA) is 56.7 Å². The Morgan fingerprint density at radius 3 is 3.00 bits per heavy atom. The molecule has 0 unspecified atom stereocenters. The monoisotopic (exact) mass is 306 g/mol. The first-order valence-corrected chi connectivity index (χ1v) is 7.37. The Balaban J connectivity index is 1.62. The minimum atomic E-state index is 0.481. The van der Waals surface area contributed by atoms with E-state index in [1.165, 1.54) is 11.8 Å². The molecule has 5 nitrogen and oxygen atoms in total. The zero-order chi connectivity index (χ0) is 13.8. The summed E-state index contributed by atoms with van der Waals surface area (Å²) >= 11 is 7.44. The zero-order valence-corrected chi connectivity index (χ0v) is 12.0. The van der Waals surface area contributed by atoms with Crippen LogP contribution in [-0.2, 0) is 6.54 Å². The predicted octanol–water partition coefficient (Wildman–Crippen LogP) is 3.38. The number of nitrogens with zero attached hydrogens (tertiary/aromatic N) is 4. The molecule has 0 spiro atoms. The maximum Gasteiger partial charge on any atom is 0.276 e. The van der Waals surface area contributed by atoms with E-state index in [-0.39, 0.29) is 0 Å². The van der Waals surface area contributed by atoms with E-state index in [0.717, 1.165) is 17.9 Å². The van der Waals surface area contributed by atoms with Gasteiger partial charge < -0.3 is 4.42 Å². The third-order valence-corrected chi connectivity index (χ3v) is 3.62. The highest BCUT2D eigenvalue weighted by atomic mass is 35.5. The van der Waals surface area contributed by atoms with E-state index in [2.05, 4.69) is 15.3 Å². The van der Waals surface area contributed by atoms with Crippen molar-refractivity contribution in [3.05, 3.63) is 47.7 Å². The number of aromatic nitrogens is 4. The summed E-state index contributed by atoms with van der Waals surface area (Å²) in [6.45, 7) is 0.798. The summed E-state index contributed by atoms with van der Waals surface area (Å²) in [5, 5.41) is 13.4. The summed E-state index contributed by atoms with van der Waals surface area (Å²) in [5.41, 5.74) is 0.823. The van der Waals surface area contributed by atoms with Gasteiger partial charge in [0.1, 0.15) is 0 Å². The lowest BCUT2D eigenvalue weighted by atomic mass is 10.2. The Bertz CT molecular complexity index is 683. The van der Waals surface area contributed by atoms with E-state index in [0.29, 0.717) is 16.1 Å². The second-order valence-electron chi connectivity index (χ2n) is 4.00. The molecule has 20 heavy (non-hydrogen) atoms. The minimum Gasteiger partial charge on any atom is -0.411 e. The molecule has 2 aromatic heterocycles. The van der Waals surface area contributed by atoms with Gasteiger partial charge in [0, 0.05) is 28.7 Å². The van der Waals surface area contributed by atoms with Crippen molar-refractivity contribution in [2.24, 2.45) is 0 Å². The molecule has 0 N–H and O–H groups in total. The van der Waals surface area contributed by atoms with Crippen LogP contribution in [0.5, 0.6) is 0 Å². The second-order valence-corrected chi connectivity index (χ2v) is 5.48. The standard InChI is InChI=1S/C13H11ClN4OS/c14-11-4-1-3-10(9-11)12-16-17-13(19-12)20-8-7-18-6-2-5-15-18/h1-6,9H,7-8H2. The number of rotatable bonds is 5. The number of benzene rings is 1. The van der Waals surface area contributed by atoms with Crippen molar-refractivity contribution in [3.8, 4) is 11.5 Å². The average molecular weight is 307 g/mol. The van der Waals surface area contributed by atoms with Crippen LogP contribution < -0.4 is 0 Å². The van der Waals surface area contributed by atoms with Crippen LogP contribution in [0.1, 0.15) is 0 Å². The summed E-state index contributed by atoms with van der Waals surface area (Å²) in [7, 11) is 0. The van der Waals surface area contributed by atoms with E-state index < -0.39 is 0 Å². The molecule has 0 aliphatic heterocycles. The van der Waals surface area contributed by atoms with Crippen LogP contribution in [-0.4, -0.2) is 25.7 Å². The molecule has 1 aromatic carbocycles. The summed E-state index contributed by atoms with van der Waals surface area (Å²) in [6.07, 6.45) is 3.68. The maximum absolute atomic E-state index is 5.94. The van der Waals surface area contributed by atoms with E-state index in [1.807, 2.05) is 29.1 Å². The van der Waals surface area contributed by atoms with Crippen LogP contribution in [0.4, 0.5) is 0 Å². The second kappa shape index (κ2) is 6.11. The van der Waals surface area contributed by atoms with Gasteiger partial charge in [0.05, 0.1) is 6.54 Å². The first-order chi connectivity index (χ1) is 9.81. The highest BCUT2D eigenvalue weighted by molar-refractivity contribution is 7.99. The molecule has 3 rings (SSSR count). The van der Waals surface area contributed by atoms with Gasteiger partial charge in [-0.25, -0.2) is 0 Å². The summed E-state index contributed by atoms with van der Waals surface area (Å²) in [4.78, 5) is 0. The van der Waals surface area contributed by atoms with E-state index >= 15 is 0 Å². The van der Waals surface area contributed by atoms with Crippen molar-refractivity contribution in [2.45, 2.75) is 11.8 Å². The SMILES string of the molecule is Clc1cccc(-c2nnc(SCCn3cccn3)o2)c1. The molecule has 0 amide bonds. The predicted molar refractivity (Wildman–Crippen MR) is 77.7 cm³/mol. The number of hydrogen-bond donors (Lipinski definition) is 0. The fraction of sp³-hybridized carbons (Fsp3) is 0.154. The Kier molecular flexibility index (Phi) is 4.03. The van der Waals surface area contributed by atoms with Gasteiger partial charge >= 0.3 is 0 Å². The Hall–Kier alpha value is -1.79. The Morgan fingerprint density at radius 1 is 1.25 bits per heavy atom. The van der Waals surface area contributed by atoms with Crippen molar-refractivity contribution in [3.63, 3.8) is 0 Å². The van der Waals surface area contributed by atoms with Crippen LogP contribution in [0.25, 0.3) is 11.5 Å². The number of halogens is 1. The highest BCUT2D eigenvalue weighted by Gasteiger charge is 2.09. The number of hydrogen-bond acceptors (Lipinski definition) is 5. The molecule has 0 bridgehead atoms. The first kappa shape index (κ1) is 13.2. The van der Waals surface area contributed by atoms with Gasteiger partial charge in [-0.3, -0.25) is 4.68 Å². The fourth-order valence-corrected chi connectivity index (χ4v) is 2.55. The summed E-state index contributed by atoms with van der Waals surface area (Å²) in [5.74, 6) is 1.30. The van der Waals surface area contributed by atoms with Crippen molar-refractivity contribution in [1.82, 2.24) is 20.0 Å². The summed E-state index contributed by atoms with van der Waals surface area (Å²) in [6, 6.07) is 9.24. The third-order valence-electron chi connectivity index (χ3n) is 2.58. The molecule has 0 atom stereocenters. The van der Waals surface area contributed by atoms with Crippen LogP contribution in [0.2, 0.25) is 5.02 Å². The molecule has 3 aromatic rings. The molecule has 0 aliphatic carbocycles. The Morgan fingerprint density at radius 2 is 2.20 bits per heavy atom. The van der Waals surface area contributed by atoms with Crippen LogP contribution in [0.3, 0.4) is 0 Å². The van der Waals surface area contributed by atoms with E-state index in [9.17, 15) is 0 Å². The lowest BCUT2D eigenvalue weighted by Gasteiger charge is -1.98. The van der Waals surface area contributed by atoms with Gasteiger partial charge in [0.2, 0.25) is 5.89 Å². The smallest absolute Gasteiger partial charge is 0.276 e. The first-order valence-electron chi connectivity index (χ1n) is 6.01. The fourth-order valence-electron chi connectivity index (χ4n) is 1.67. The Labute approximate surface area is 125 Å². The molecule has 7 heteroatoms. The van der Waals surface area contributed by atoms with Crippen LogP contribution in [0.15, 0.2) is 52.4 Å². The van der Waals surface area contributed by atoms with Gasteiger partial charge in [-0.05, 0) is 24.3 Å². The van der Waals surface area contributed by atoms with Gasteiger partial charge in [-0.2, -0.15) is 5.10 Å². The molecule has 0 fully saturated rings. The van der Waals surface area contributed by atoms with Gasteiger partial charge in [0.25, 0.3) is 5.22 Å². The lowest BCUT2D eigenvalue weighted by Crippen LogP contribution is -2.00. The normalized spacial score (nSPS) is 10.8. The van der Waals surface area contributed by atoms with Gasteiger partial charge in [-0.15, -0.1) is 10.2 Å². The van der Waals surface area contributed by atoms with Gasteiger partial charge in [-0.1, -0.05) is 29.4 Å². The van der Waals surface area contributed by atoms with Crippen molar-refractivity contribution in [1.29, 1.82) is 0 Å². The molecule has 102 valence electrons. The highest BCUT2D eigenvalue weighted by Crippen LogP contribution is 2.25. The quantitative estimate of drug-likeness (QED) is 0.676. The molecule has 0 saturated heterocycles. The van der Waals surface area contributed by atoms with Crippen molar-refractivity contribution in [2.75, 3.05) is 5.75 Å². The van der Waals surface area contributed by atoms with Crippen molar-refractivity contribution >= 4 is 23.4 Å². The minimum absolute atomic E-state index is 0.481. The molecule has 0 radical (unpaired) electrons. The number of thioether (sulfide) groups is 1.